The second kappa shape index (κ2) is 4.06. The topological polar surface area (TPSA) is 41.5 Å². The highest BCUT2D eigenvalue weighted by Crippen LogP contribution is 2.34. The third-order valence-electron chi connectivity index (χ3n) is 2.74. The smallest absolute Gasteiger partial charge is 0.168 e. The number of nitrogens with one attached hydrogen (secondary N) is 1. The second-order valence-electron chi connectivity index (χ2n) is 3.69. The SMILES string of the molecule is COc1cc(C2CCCN2)c(O)cc1F. The molecule has 1 aromatic rings. The van der Waals surface area contributed by atoms with E-state index in [1.165, 1.54) is 7.11 Å². The maximum Gasteiger partial charge on any atom is 0.168 e. The number of hydrogen-bond acceptors (Lipinski definition) is 3. The molecule has 0 aliphatic carbocycles. The van der Waals surface area contributed by atoms with Crippen molar-refractivity contribution in [3.63, 3.8) is 0 Å². The molecule has 1 fully saturated rings. The molecule has 0 spiro atoms. The Labute approximate surface area is 87.9 Å². The third-order valence-corrected chi connectivity index (χ3v) is 2.74. The van der Waals surface area contributed by atoms with Crippen LogP contribution in [0.5, 0.6) is 11.5 Å². The molecule has 0 amide bonds. The van der Waals surface area contributed by atoms with E-state index in [0.717, 1.165) is 25.5 Å². The van der Waals surface area contributed by atoms with Crippen LogP contribution in [0.2, 0.25) is 0 Å². The van der Waals surface area contributed by atoms with E-state index in [1.807, 2.05) is 0 Å². The van der Waals surface area contributed by atoms with Crippen molar-refractivity contribution in [3.8, 4) is 11.5 Å². The van der Waals surface area contributed by atoms with E-state index in [4.69, 9.17) is 4.74 Å². The molecule has 15 heavy (non-hydrogen) atoms. The number of rotatable bonds is 2. The first-order valence-electron chi connectivity index (χ1n) is 5.02. The summed E-state index contributed by atoms with van der Waals surface area (Å²) in [5.41, 5.74) is 0.714. The number of ether oxygens (including phenoxy) is 1. The summed E-state index contributed by atoms with van der Waals surface area (Å²) in [6, 6.07) is 2.78. The van der Waals surface area contributed by atoms with Crippen LogP contribution in [0.15, 0.2) is 12.1 Å². The highest BCUT2D eigenvalue weighted by molar-refractivity contribution is 5.42. The lowest BCUT2D eigenvalue weighted by molar-refractivity contribution is 0.378. The van der Waals surface area contributed by atoms with E-state index in [2.05, 4.69) is 5.32 Å². The van der Waals surface area contributed by atoms with Gasteiger partial charge in [0.1, 0.15) is 5.75 Å². The maximum absolute atomic E-state index is 13.2. The summed E-state index contributed by atoms with van der Waals surface area (Å²) in [4.78, 5) is 0. The number of methoxy groups -OCH3 is 1. The normalized spacial score (nSPS) is 20.5. The van der Waals surface area contributed by atoms with Crippen LogP contribution >= 0.6 is 0 Å². The molecule has 1 aromatic carbocycles. The monoisotopic (exact) mass is 211 g/mol. The Bertz CT molecular complexity index is 362. The Morgan fingerprint density at radius 2 is 2.33 bits per heavy atom. The highest BCUT2D eigenvalue weighted by atomic mass is 19.1. The van der Waals surface area contributed by atoms with Gasteiger partial charge in [-0.05, 0) is 25.5 Å². The molecule has 0 saturated carbocycles. The Morgan fingerprint density at radius 1 is 1.53 bits per heavy atom. The fourth-order valence-corrected chi connectivity index (χ4v) is 1.94. The molecule has 0 aromatic heterocycles. The number of hydrogen-bond donors (Lipinski definition) is 2. The summed E-state index contributed by atoms with van der Waals surface area (Å²) in [6.45, 7) is 0.934. The fourth-order valence-electron chi connectivity index (χ4n) is 1.94. The van der Waals surface area contributed by atoms with Gasteiger partial charge in [-0.25, -0.2) is 4.39 Å². The van der Waals surface area contributed by atoms with Crippen LogP contribution in [-0.4, -0.2) is 18.8 Å². The van der Waals surface area contributed by atoms with Crippen molar-refractivity contribution in [2.24, 2.45) is 0 Å². The van der Waals surface area contributed by atoms with Gasteiger partial charge in [-0.15, -0.1) is 0 Å². The van der Waals surface area contributed by atoms with Gasteiger partial charge in [-0.1, -0.05) is 0 Å². The summed E-state index contributed by atoms with van der Waals surface area (Å²) >= 11 is 0. The Balaban J connectivity index is 2.37. The zero-order chi connectivity index (χ0) is 10.8. The molecule has 0 radical (unpaired) electrons. The summed E-state index contributed by atoms with van der Waals surface area (Å²) in [5, 5.41) is 12.9. The van der Waals surface area contributed by atoms with Crippen molar-refractivity contribution in [2.75, 3.05) is 13.7 Å². The van der Waals surface area contributed by atoms with E-state index in [0.29, 0.717) is 5.56 Å². The van der Waals surface area contributed by atoms with Crippen molar-refractivity contribution < 1.29 is 14.2 Å². The predicted octanol–water partition coefficient (Wildman–Crippen LogP) is 1.96. The van der Waals surface area contributed by atoms with Crippen molar-refractivity contribution >= 4 is 0 Å². The van der Waals surface area contributed by atoms with E-state index >= 15 is 0 Å². The average molecular weight is 211 g/mol. The molecule has 1 atom stereocenters. The van der Waals surface area contributed by atoms with Crippen LogP contribution in [-0.2, 0) is 0 Å². The molecule has 2 rings (SSSR count). The van der Waals surface area contributed by atoms with Crippen molar-refractivity contribution in [3.05, 3.63) is 23.5 Å². The first-order chi connectivity index (χ1) is 7.22. The predicted molar refractivity (Wildman–Crippen MR) is 54.6 cm³/mol. The maximum atomic E-state index is 13.2. The van der Waals surface area contributed by atoms with Crippen LogP contribution in [0, 0.1) is 5.82 Å². The van der Waals surface area contributed by atoms with E-state index in [-0.39, 0.29) is 17.5 Å². The molecule has 82 valence electrons. The zero-order valence-electron chi connectivity index (χ0n) is 8.59. The molecule has 1 aliphatic heterocycles. The largest absolute Gasteiger partial charge is 0.507 e. The lowest BCUT2D eigenvalue weighted by atomic mass is 10.0. The first-order valence-corrected chi connectivity index (χ1v) is 5.02. The minimum absolute atomic E-state index is 0.00676. The molecule has 3 nitrogen and oxygen atoms in total. The Morgan fingerprint density at radius 3 is 2.93 bits per heavy atom. The summed E-state index contributed by atoms with van der Waals surface area (Å²) in [5.74, 6) is -0.360. The third kappa shape index (κ3) is 1.90. The summed E-state index contributed by atoms with van der Waals surface area (Å²) in [7, 11) is 1.42. The molecular formula is C11H14FNO2. The quantitative estimate of drug-likeness (QED) is 0.785. The number of phenolic OH excluding ortho intramolecular Hbond substituents is 1. The van der Waals surface area contributed by atoms with Gasteiger partial charge in [-0.3, -0.25) is 0 Å². The van der Waals surface area contributed by atoms with E-state index < -0.39 is 5.82 Å². The Hall–Kier alpha value is -1.29. The minimum Gasteiger partial charge on any atom is -0.507 e. The van der Waals surface area contributed by atoms with Gasteiger partial charge >= 0.3 is 0 Å². The molecule has 4 heteroatoms. The first kappa shape index (κ1) is 10.2. The molecule has 1 saturated heterocycles. The van der Waals surface area contributed by atoms with Crippen LogP contribution in [0.3, 0.4) is 0 Å². The molecule has 1 unspecified atom stereocenters. The van der Waals surface area contributed by atoms with Crippen LogP contribution < -0.4 is 10.1 Å². The minimum atomic E-state index is -0.531. The highest BCUT2D eigenvalue weighted by Gasteiger charge is 2.21. The van der Waals surface area contributed by atoms with Gasteiger partial charge < -0.3 is 15.2 Å². The van der Waals surface area contributed by atoms with Crippen molar-refractivity contribution in [1.82, 2.24) is 5.32 Å². The van der Waals surface area contributed by atoms with E-state index in [1.54, 1.807) is 6.07 Å². The number of phenols is 1. The molecular weight excluding hydrogens is 197 g/mol. The van der Waals surface area contributed by atoms with Crippen molar-refractivity contribution in [2.45, 2.75) is 18.9 Å². The van der Waals surface area contributed by atoms with Crippen LogP contribution in [0.25, 0.3) is 0 Å². The number of benzene rings is 1. The Kier molecular flexibility index (Phi) is 2.77. The number of aromatic hydroxyl groups is 1. The van der Waals surface area contributed by atoms with Gasteiger partial charge in [0.2, 0.25) is 0 Å². The van der Waals surface area contributed by atoms with Crippen LogP contribution in [0.1, 0.15) is 24.4 Å². The van der Waals surface area contributed by atoms with Gasteiger partial charge in [-0.2, -0.15) is 0 Å². The number of halogens is 1. The van der Waals surface area contributed by atoms with Gasteiger partial charge in [0, 0.05) is 17.7 Å². The molecule has 1 aliphatic rings. The van der Waals surface area contributed by atoms with Gasteiger partial charge in [0.15, 0.2) is 11.6 Å². The average Bonchev–Trinajstić information content (AvgIpc) is 2.71. The van der Waals surface area contributed by atoms with Gasteiger partial charge in [0.05, 0.1) is 7.11 Å². The van der Waals surface area contributed by atoms with Gasteiger partial charge in [0.25, 0.3) is 0 Å². The molecule has 2 N–H and O–H groups in total. The molecule has 1 heterocycles. The summed E-state index contributed by atoms with van der Waals surface area (Å²) < 4.78 is 18.1. The summed E-state index contributed by atoms with van der Waals surface area (Å²) in [6.07, 6.45) is 2.03. The zero-order valence-corrected chi connectivity index (χ0v) is 8.59. The lowest BCUT2D eigenvalue weighted by Crippen LogP contribution is -2.13. The standard InChI is InChI=1S/C11H14FNO2/c1-15-11-5-7(9-3-2-4-13-9)10(14)6-8(11)12/h5-6,9,13-14H,2-4H2,1H3. The van der Waals surface area contributed by atoms with Crippen LogP contribution in [0.4, 0.5) is 4.39 Å². The second-order valence-corrected chi connectivity index (χ2v) is 3.69. The van der Waals surface area contributed by atoms with Crippen molar-refractivity contribution in [1.29, 1.82) is 0 Å². The lowest BCUT2D eigenvalue weighted by Gasteiger charge is -2.14. The van der Waals surface area contributed by atoms with E-state index in [9.17, 15) is 9.50 Å². The molecule has 0 bridgehead atoms. The fraction of sp³-hybridized carbons (Fsp3) is 0.455.